The highest BCUT2D eigenvalue weighted by Crippen LogP contribution is 2.55. The molecule has 13 heteroatoms. The molecule has 5 aliphatic rings. The number of sulfone groups is 1. The molecule has 5 fully saturated rings. The molecule has 0 radical (unpaired) electrons. The molecule has 2 saturated heterocycles. The number of hydrogen-bond acceptors (Lipinski definition) is 7. The van der Waals surface area contributed by atoms with Gasteiger partial charge in [-0.15, -0.1) is 6.58 Å². The number of rotatable bonds is 13. The number of nitrogens with zero attached hydrogens (tertiary/aromatic N) is 1. The summed E-state index contributed by atoms with van der Waals surface area (Å²) in [5, 5.41) is 10.8. The van der Waals surface area contributed by atoms with E-state index in [-0.39, 0.29) is 48.3 Å². The highest BCUT2D eigenvalue weighted by molar-refractivity contribution is 7.92. The van der Waals surface area contributed by atoms with Gasteiger partial charge in [0.25, 0.3) is 5.91 Å². The van der Waals surface area contributed by atoms with E-state index in [1.807, 2.05) is 6.92 Å². The zero-order valence-electron chi connectivity index (χ0n) is 28.6. The smallest absolute Gasteiger partial charge is 0.315 e. The molecule has 5 amide bonds. The molecule has 2 aliphatic heterocycles. The lowest BCUT2D eigenvalue weighted by Gasteiger charge is -2.43. The highest BCUT2D eigenvalue weighted by atomic mass is 32.2. The van der Waals surface area contributed by atoms with Crippen molar-refractivity contribution in [3.8, 4) is 0 Å². The summed E-state index contributed by atoms with van der Waals surface area (Å²) < 4.78 is 26.2. The van der Waals surface area contributed by atoms with Crippen LogP contribution in [0.25, 0.3) is 0 Å². The SMILES string of the molecule is C=CCNC(=O)C(=O)[C@H](CCC)NC(=O)[C@@H]1[C@H]2C(C)[C@H]2CN1C(=O)[C@@H](NC(=O)NC1(C2CCCS2(=O)=O)CCCCC1)C1CCCCC1. The first-order valence-electron chi connectivity index (χ1n) is 18.3. The summed E-state index contributed by atoms with van der Waals surface area (Å²) in [6.45, 7) is 7.98. The standard InChI is InChI=1S/C35H55N5O7S/c1-4-13-25(30(41)32(43)36-19-5-2)37-31(42)29-27-22(3)24(27)21-40(29)33(44)28(23-14-8-6-9-15-23)38-34(45)39-35(17-10-7-11-18-35)26-16-12-20-48(26,46)47/h5,22-29H,2,4,6-21H2,1,3H3,(H,36,43)(H,37,42)(H2,38,39,45)/t22?,24-,25+,26?,27+,28+,29+/m1/s1. The predicted octanol–water partition coefficient (Wildman–Crippen LogP) is 2.76. The summed E-state index contributed by atoms with van der Waals surface area (Å²) in [5.41, 5.74) is -0.857. The summed E-state index contributed by atoms with van der Waals surface area (Å²) in [4.78, 5) is 69.4. The van der Waals surface area contributed by atoms with Crippen molar-refractivity contribution in [3.63, 3.8) is 0 Å². The van der Waals surface area contributed by atoms with Crippen LogP contribution in [0.15, 0.2) is 12.7 Å². The van der Waals surface area contributed by atoms with E-state index in [9.17, 15) is 32.4 Å². The van der Waals surface area contributed by atoms with E-state index in [2.05, 4.69) is 34.8 Å². The zero-order chi connectivity index (χ0) is 34.6. The first kappa shape index (κ1) is 36.3. The van der Waals surface area contributed by atoms with Crippen LogP contribution in [0.5, 0.6) is 0 Å². The lowest BCUT2D eigenvalue weighted by atomic mass is 9.78. The van der Waals surface area contributed by atoms with Crippen LogP contribution in [0.3, 0.4) is 0 Å². The van der Waals surface area contributed by atoms with Gasteiger partial charge in [-0.2, -0.15) is 0 Å². The third-order valence-corrected chi connectivity index (χ3v) is 14.3. The van der Waals surface area contributed by atoms with Gasteiger partial charge in [0.05, 0.1) is 22.6 Å². The Morgan fingerprint density at radius 3 is 2.27 bits per heavy atom. The summed E-state index contributed by atoms with van der Waals surface area (Å²) in [6, 6.07) is -3.23. The van der Waals surface area contributed by atoms with Crippen LogP contribution in [0.2, 0.25) is 0 Å². The van der Waals surface area contributed by atoms with Crippen molar-refractivity contribution >= 4 is 39.4 Å². The van der Waals surface area contributed by atoms with Crippen molar-refractivity contribution in [2.75, 3.05) is 18.8 Å². The van der Waals surface area contributed by atoms with Gasteiger partial charge >= 0.3 is 6.03 Å². The number of fused-ring (bicyclic) bond motifs is 1. The summed E-state index contributed by atoms with van der Waals surface area (Å²) in [5.74, 6) is -1.98. The van der Waals surface area contributed by atoms with Gasteiger partial charge in [-0.05, 0) is 68.6 Å². The Morgan fingerprint density at radius 1 is 0.958 bits per heavy atom. The van der Waals surface area contributed by atoms with Gasteiger partial charge in [-0.25, -0.2) is 13.2 Å². The Balaban J connectivity index is 1.35. The molecule has 4 N–H and O–H groups in total. The third kappa shape index (κ3) is 7.60. The molecular formula is C35H55N5O7S. The van der Waals surface area contributed by atoms with Gasteiger partial charge in [-0.3, -0.25) is 19.2 Å². The molecule has 12 nitrogen and oxygen atoms in total. The average molecular weight is 690 g/mol. The maximum absolute atomic E-state index is 14.5. The van der Waals surface area contributed by atoms with E-state index in [1.165, 1.54) is 6.08 Å². The minimum atomic E-state index is -3.34. The van der Waals surface area contributed by atoms with Crippen LogP contribution in [0.1, 0.15) is 104 Å². The minimum absolute atomic E-state index is 0.0696. The number of likely N-dealkylation sites (tertiary alicyclic amines) is 1. The number of urea groups is 1. The second-order valence-corrected chi connectivity index (χ2v) is 17.2. The Morgan fingerprint density at radius 2 is 1.65 bits per heavy atom. The number of amides is 5. The molecule has 7 atom stereocenters. The number of carbonyl (C=O) groups excluding carboxylic acids is 5. The summed E-state index contributed by atoms with van der Waals surface area (Å²) in [7, 11) is -3.34. The monoisotopic (exact) mass is 689 g/mol. The van der Waals surface area contributed by atoms with Crippen molar-refractivity contribution in [1.82, 2.24) is 26.2 Å². The highest BCUT2D eigenvalue weighted by Gasteiger charge is 2.63. The van der Waals surface area contributed by atoms with Crippen LogP contribution >= 0.6 is 0 Å². The maximum atomic E-state index is 14.5. The molecule has 2 heterocycles. The molecule has 0 aromatic rings. The molecule has 3 saturated carbocycles. The van der Waals surface area contributed by atoms with E-state index in [4.69, 9.17) is 0 Å². The molecule has 2 unspecified atom stereocenters. The largest absolute Gasteiger partial charge is 0.346 e. The maximum Gasteiger partial charge on any atom is 0.315 e. The first-order chi connectivity index (χ1) is 22.9. The number of carbonyl (C=O) groups is 5. The fraction of sp³-hybridized carbons (Fsp3) is 0.800. The summed E-state index contributed by atoms with van der Waals surface area (Å²) >= 11 is 0. The van der Waals surface area contributed by atoms with Crippen molar-refractivity contribution in [3.05, 3.63) is 12.7 Å². The summed E-state index contributed by atoms with van der Waals surface area (Å²) in [6.07, 6.45) is 11.7. The second-order valence-electron chi connectivity index (χ2n) is 14.9. The first-order valence-corrected chi connectivity index (χ1v) is 20.0. The van der Waals surface area contributed by atoms with Crippen LogP contribution in [-0.4, -0.2) is 90.6 Å². The molecule has 0 bridgehead atoms. The zero-order valence-corrected chi connectivity index (χ0v) is 29.5. The van der Waals surface area contributed by atoms with Crippen molar-refractivity contribution in [2.45, 2.75) is 133 Å². The molecule has 5 rings (SSSR count). The van der Waals surface area contributed by atoms with E-state index >= 15 is 0 Å². The fourth-order valence-electron chi connectivity index (χ4n) is 9.26. The van der Waals surface area contributed by atoms with Gasteiger partial charge < -0.3 is 26.2 Å². The molecule has 268 valence electrons. The van der Waals surface area contributed by atoms with Crippen molar-refractivity contribution in [1.29, 1.82) is 0 Å². The number of hydrogen-bond donors (Lipinski definition) is 4. The third-order valence-electron chi connectivity index (χ3n) is 11.9. The topological polar surface area (TPSA) is 171 Å². The lowest BCUT2D eigenvalue weighted by molar-refractivity contribution is -0.144. The van der Waals surface area contributed by atoms with Crippen molar-refractivity contribution in [2.24, 2.45) is 23.7 Å². The molecule has 0 spiro atoms. The number of nitrogens with one attached hydrogen (secondary N) is 4. The Kier molecular flexibility index (Phi) is 11.6. The minimum Gasteiger partial charge on any atom is -0.346 e. The van der Waals surface area contributed by atoms with Gasteiger partial charge in [0.15, 0.2) is 9.84 Å². The van der Waals surface area contributed by atoms with Gasteiger partial charge in [-0.1, -0.05) is 64.9 Å². The normalized spacial score (nSPS) is 30.3. The van der Waals surface area contributed by atoms with Crippen LogP contribution in [-0.2, 0) is 29.0 Å². The Labute approximate surface area is 285 Å². The molecular weight excluding hydrogens is 634 g/mol. The number of ketones is 1. The van der Waals surface area contributed by atoms with E-state index < -0.39 is 62.4 Å². The van der Waals surface area contributed by atoms with Crippen LogP contribution in [0.4, 0.5) is 4.79 Å². The average Bonchev–Trinajstić information content (AvgIpc) is 3.36. The van der Waals surface area contributed by atoms with Crippen LogP contribution in [0, 0.1) is 23.7 Å². The number of Topliss-reactive ketones (excluding diaryl/α,β-unsaturated/α-hetero) is 1. The quantitative estimate of drug-likeness (QED) is 0.170. The van der Waals surface area contributed by atoms with E-state index in [0.29, 0.717) is 38.6 Å². The number of piperidine rings is 1. The van der Waals surface area contributed by atoms with E-state index in [0.717, 1.165) is 51.4 Å². The van der Waals surface area contributed by atoms with Gasteiger partial charge in [0, 0.05) is 13.1 Å². The molecule has 0 aromatic heterocycles. The van der Waals surface area contributed by atoms with Crippen molar-refractivity contribution < 1.29 is 32.4 Å². The lowest BCUT2D eigenvalue weighted by Crippen LogP contribution is -2.64. The van der Waals surface area contributed by atoms with Crippen LogP contribution < -0.4 is 21.3 Å². The fourth-order valence-corrected chi connectivity index (χ4v) is 11.6. The predicted molar refractivity (Wildman–Crippen MR) is 181 cm³/mol. The van der Waals surface area contributed by atoms with Gasteiger partial charge in [0.2, 0.25) is 17.6 Å². The molecule has 48 heavy (non-hydrogen) atoms. The Hall–Kier alpha value is -2.96. The van der Waals surface area contributed by atoms with E-state index in [1.54, 1.807) is 4.90 Å². The molecule has 0 aromatic carbocycles. The second kappa shape index (κ2) is 15.3. The molecule has 3 aliphatic carbocycles. The van der Waals surface area contributed by atoms with Gasteiger partial charge in [0.1, 0.15) is 12.1 Å². The Bertz CT molecular complexity index is 1360.